The van der Waals surface area contributed by atoms with Crippen molar-refractivity contribution in [2.24, 2.45) is 5.10 Å². The average Bonchev–Trinajstić information content (AvgIpc) is 2.65. The Hall–Kier alpha value is -2.90. The Morgan fingerprint density at radius 1 is 1.31 bits per heavy atom. The Bertz CT molecular complexity index is 1020. The van der Waals surface area contributed by atoms with E-state index in [-0.39, 0.29) is 11.4 Å². The van der Waals surface area contributed by atoms with E-state index < -0.39 is 11.7 Å². The summed E-state index contributed by atoms with van der Waals surface area (Å²) in [6, 6.07) is 11.8. The van der Waals surface area contributed by atoms with Crippen LogP contribution >= 0.6 is 11.6 Å². The summed E-state index contributed by atoms with van der Waals surface area (Å²) in [5, 5.41) is 15.3. The van der Waals surface area contributed by atoms with Gasteiger partial charge in [0.25, 0.3) is 5.56 Å². The first-order chi connectivity index (χ1) is 12.5. The number of halogens is 1. The van der Waals surface area contributed by atoms with Crippen LogP contribution in [0.2, 0.25) is 5.02 Å². The molecular formula is C18H17ClN4O3. The van der Waals surface area contributed by atoms with Gasteiger partial charge in [0.15, 0.2) is 5.69 Å². The second-order valence-electron chi connectivity index (χ2n) is 5.47. The van der Waals surface area contributed by atoms with E-state index in [1.54, 1.807) is 56.6 Å². The van der Waals surface area contributed by atoms with Crippen molar-refractivity contribution in [1.29, 1.82) is 0 Å². The number of hydrogen-bond acceptors (Lipinski definition) is 6. The topological polar surface area (TPSA) is 99.6 Å². The van der Waals surface area contributed by atoms with Crippen LogP contribution in [0, 0.1) is 0 Å². The molecule has 3 N–H and O–H groups in total. The van der Waals surface area contributed by atoms with Gasteiger partial charge in [0.05, 0.1) is 18.1 Å². The van der Waals surface area contributed by atoms with Gasteiger partial charge in [-0.15, -0.1) is 0 Å². The van der Waals surface area contributed by atoms with Crippen molar-refractivity contribution in [3.63, 3.8) is 0 Å². The maximum absolute atomic E-state index is 12.5. The Balaban J connectivity index is 2.08. The lowest BCUT2D eigenvalue weighted by Crippen LogP contribution is -2.27. The summed E-state index contributed by atoms with van der Waals surface area (Å²) in [5.41, 5.74) is 3.87. The zero-order valence-corrected chi connectivity index (χ0v) is 14.9. The van der Waals surface area contributed by atoms with Gasteiger partial charge in [0.1, 0.15) is 17.6 Å². The number of aliphatic hydroxyl groups excluding tert-OH is 1. The Kier molecular flexibility index (Phi) is 5.20. The molecule has 134 valence electrons. The number of hydrogen-bond donors (Lipinski definition) is 3. The van der Waals surface area contributed by atoms with Gasteiger partial charge in [-0.25, -0.2) is 4.98 Å². The van der Waals surface area contributed by atoms with Gasteiger partial charge >= 0.3 is 0 Å². The summed E-state index contributed by atoms with van der Waals surface area (Å²) in [6.45, 7) is 0. The van der Waals surface area contributed by atoms with Gasteiger partial charge in [-0.3, -0.25) is 4.79 Å². The fourth-order valence-electron chi connectivity index (χ4n) is 2.54. The Morgan fingerprint density at radius 3 is 2.69 bits per heavy atom. The molecule has 0 aliphatic heterocycles. The van der Waals surface area contributed by atoms with E-state index in [0.29, 0.717) is 27.4 Å². The predicted octanol–water partition coefficient (Wildman–Crippen LogP) is 2.24. The number of aliphatic hydroxyl groups is 1. The first kappa shape index (κ1) is 17.9. The molecule has 1 atom stereocenters. The molecule has 0 bridgehead atoms. The van der Waals surface area contributed by atoms with Crippen LogP contribution in [-0.4, -0.2) is 34.9 Å². The van der Waals surface area contributed by atoms with Crippen LogP contribution in [0.5, 0.6) is 5.75 Å². The molecule has 0 radical (unpaired) electrons. The largest absolute Gasteiger partial charge is 0.497 e. The third kappa shape index (κ3) is 3.54. The molecule has 0 fully saturated rings. The van der Waals surface area contributed by atoms with Gasteiger partial charge in [-0.1, -0.05) is 23.7 Å². The number of aromatic amines is 1. The van der Waals surface area contributed by atoms with Crippen molar-refractivity contribution in [1.82, 2.24) is 15.4 Å². The third-order valence-electron chi connectivity index (χ3n) is 3.82. The lowest BCUT2D eigenvalue weighted by Gasteiger charge is -2.14. The molecule has 0 saturated heterocycles. The number of H-pyrrole nitrogens is 1. The number of nitrogens with zero attached hydrogens (tertiary/aromatic N) is 2. The number of fused-ring (bicyclic) bond motifs is 1. The molecular weight excluding hydrogens is 356 g/mol. The minimum absolute atomic E-state index is 0.0255. The molecule has 0 aliphatic carbocycles. The fourth-order valence-corrected chi connectivity index (χ4v) is 2.71. The second kappa shape index (κ2) is 7.55. The summed E-state index contributed by atoms with van der Waals surface area (Å²) in [6.07, 6.45) is -1.15. The fraction of sp³-hybridized carbons (Fsp3) is 0.167. The highest BCUT2D eigenvalue weighted by molar-refractivity contribution is 6.31. The van der Waals surface area contributed by atoms with E-state index in [2.05, 4.69) is 20.5 Å². The molecule has 8 heteroatoms. The highest BCUT2D eigenvalue weighted by Crippen LogP contribution is 2.21. The quantitative estimate of drug-likeness (QED) is 0.471. The summed E-state index contributed by atoms with van der Waals surface area (Å²) in [4.78, 5) is 19.6. The van der Waals surface area contributed by atoms with Gasteiger partial charge in [0, 0.05) is 12.1 Å². The monoisotopic (exact) mass is 372 g/mol. The summed E-state index contributed by atoms with van der Waals surface area (Å²) in [7, 11) is 3.14. The highest BCUT2D eigenvalue weighted by atomic mass is 35.5. The second-order valence-corrected chi connectivity index (χ2v) is 5.91. The maximum atomic E-state index is 12.5. The Morgan fingerprint density at radius 2 is 2.04 bits per heavy atom. The standard InChI is InChI=1S/C18H17ClN4O3/c1-20-23-15(17(24)10-3-6-12(26-2)7-4-10)16-18(25)22-14-9-11(19)5-8-13(14)21-16/h3-9,17,20,24H,1-2H3,(H,22,25)/b23-15-/t17-/m0/s1. The minimum Gasteiger partial charge on any atom is -0.497 e. The smallest absolute Gasteiger partial charge is 0.276 e. The zero-order valence-electron chi connectivity index (χ0n) is 14.2. The molecule has 0 amide bonds. The predicted molar refractivity (Wildman–Crippen MR) is 101 cm³/mol. The van der Waals surface area contributed by atoms with Crippen LogP contribution in [0.25, 0.3) is 11.0 Å². The molecule has 2 aromatic carbocycles. The van der Waals surface area contributed by atoms with E-state index in [1.165, 1.54) is 0 Å². The van der Waals surface area contributed by atoms with E-state index in [1.807, 2.05) is 0 Å². The van der Waals surface area contributed by atoms with Crippen molar-refractivity contribution < 1.29 is 9.84 Å². The Labute approximate surface area is 154 Å². The first-order valence-electron chi connectivity index (χ1n) is 7.79. The van der Waals surface area contributed by atoms with Crippen molar-refractivity contribution in [3.05, 3.63) is 69.1 Å². The zero-order chi connectivity index (χ0) is 18.7. The van der Waals surface area contributed by atoms with Crippen LogP contribution in [0.3, 0.4) is 0 Å². The lowest BCUT2D eigenvalue weighted by atomic mass is 10.0. The number of ether oxygens (including phenoxy) is 1. The van der Waals surface area contributed by atoms with E-state index in [9.17, 15) is 9.90 Å². The van der Waals surface area contributed by atoms with Gasteiger partial charge in [-0.2, -0.15) is 5.10 Å². The summed E-state index contributed by atoms with van der Waals surface area (Å²) in [5.74, 6) is 0.659. The normalized spacial score (nSPS) is 12.8. The number of methoxy groups -OCH3 is 1. The number of benzene rings is 2. The van der Waals surface area contributed by atoms with E-state index in [0.717, 1.165) is 0 Å². The molecule has 0 aliphatic rings. The molecule has 1 heterocycles. The van der Waals surface area contributed by atoms with Crippen molar-refractivity contribution >= 4 is 28.3 Å². The summed E-state index contributed by atoms with van der Waals surface area (Å²) >= 11 is 5.94. The number of rotatable bonds is 5. The molecule has 1 aromatic heterocycles. The van der Waals surface area contributed by atoms with Gasteiger partial charge < -0.3 is 20.3 Å². The number of nitrogens with one attached hydrogen (secondary N) is 2. The van der Waals surface area contributed by atoms with Crippen molar-refractivity contribution in [3.8, 4) is 5.75 Å². The summed E-state index contributed by atoms with van der Waals surface area (Å²) < 4.78 is 5.12. The number of aromatic nitrogens is 2. The maximum Gasteiger partial charge on any atom is 0.276 e. The van der Waals surface area contributed by atoms with E-state index in [4.69, 9.17) is 16.3 Å². The molecule has 0 spiro atoms. The average molecular weight is 373 g/mol. The van der Waals surface area contributed by atoms with Crippen LogP contribution in [0.4, 0.5) is 0 Å². The molecule has 0 saturated carbocycles. The molecule has 3 aromatic rings. The van der Waals surface area contributed by atoms with Crippen LogP contribution in [0.1, 0.15) is 17.4 Å². The molecule has 3 rings (SSSR count). The lowest BCUT2D eigenvalue weighted by molar-refractivity contribution is 0.246. The molecule has 26 heavy (non-hydrogen) atoms. The van der Waals surface area contributed by atoms with Crippen LogP contribution in [-0.2, 0) is 0 Å². The third-order valence-corrected chi connectivity index (χ3v) is 4.05. The SMILES string of the molecule is CN/N=C(/c1nc2ccc(Cl)cc2[nH]c1=O)[C@@H](O)c1ccc(OC)cc1. The van der Waals surface area contributed by atoms with Crippen LogP contribution < -0.4 is 15.7 Å². The highest BCUT2D eigenvalue weighted by Gasteiger charge is 2.22. The molecule has 7 nitrogen and oxygen atoms in total. The van der Waals surface area contributed by atoms with Gasteiger partial charge in [0.2, 0.25) is 0 Å². The van der Waals surface area contributed by atoms with E-state index >= 15 is 0 Å². The number of hydrazone groups is 1. The van der Waals surface area contributed by atoms with Crippen LogP contribution in [0.15, 0.2) is 52.4 Å². The molecule has 0 unspecified atom stereocenters. The van der Waals surface area contributed by atoms with Gasteiger partial charge in [-0.05, 0) is 35.9 Å². The minimum atomic E-state index is -1.15. The van der Waals surface area contributed by atoms with Crippen molar-refractivity contribution in [2.45, 2.75) is 6.10 Å². The first-order valence-corrected chi connectivity index (χ1v) is 8.17. The van der Waals surface area contributed by atoms with Crippen molar-refractivity contribution in [2.75, 3.05) is 14.2 Å².